The van der Waals surface area contributed by atoms with Crippen molar-refractivity contribution >= 4 is 17.6 Å². The number of amides is 1. The highest BCUT2D eigenvalue weighted by Gasteiger charge is 2.29. The molecule has 134 valence electrons. The van der Waals surface area contributed by atoms with Crippen LogP contribution in [-0.2, 0) is 14.3 Å². The topological polar surface area (TPSA) is 92.3 Å². The standard InChI is InChI=1S/C18H15NO7/c20-17(19-11-5-6-13-15(7-11)25-10-24-13)9-23-18(21)16-8-22-12-3-1-2-4-14(12)26-16/h1-7,16H,8-10H2,(H,19,20)/t16-/m1/s1. The number of carbonyl (C=O) groups excluding carboxylic acids is 2. The Kier molecular flexibility index (Phi) is 4.22. The fourth-order valence-corrected chi connectivity index (χ4v) is 2.54. The molecule has 1 atom stereocenters. The van der Waals surface area contributed by atoms with E-state index in [4.69, 9.17) is 23.7 Å². The third-order valence-electron chi connectivity index (χ3n) is 3.77. The van der Waals surface area contributed by atoms with Crippen molar-refractivity contribution in [1.29, 1.82) is 0 Å². The van der Waals surface area contributed by atoms with Crippen molar-refractivity contribution in [2.45, 2.75) is 6.10 Å². The van der Waals surface area contributed by atoms with E-state index in [-0.39, 0.29) is 13.4 Å². The molecule has 2 aromatic rings. The minimum atomic E-state index is -0.914. The van der Waals surface area contributed by atoms with Crippen LogP contribution in [0, 0.1) is 0 Å². The molecule has 0 spiro atoms. The van der Waals surface area contributed by atoms with Gasteiger partial charge in [0.2, 0.25) is 12.9 Å². The third kappa shape index (κ3) is 3.34. The molecule has 2 aromatic carbocycles. The lowest BCUT2D eigenvalue weighted by atomic mass is 10.2. The van der Waals surface area contributed by atoms with Crippen LogP contribution in [0.3, 0.4) is 0 Å². The SMILES string of the molecule is O=C(COC(=O)[C@H]1COc2ccccc2O1)Nc1ccc2c(c1)OCO2. The molecule has 4 rings (SSSR count). The molecule has 2 aliphatic heterocycles. The Morgan fingerprint density at radius 2 is 1.77 bits per heavy atom. The molecule has 0 saturated heterocycles. The van der Waals surface area contributed by atoms with E-state index in [1.54, 1.807) is 42.5 Å². The summed E-state index contributed by atoms with van der Waals surface area (Å²) in [6, 6.07) is 12.0. The minimum Gasteiger partial charge on any atom is -0.485 e. The summed E-state index contributed by atoms with van der Waals surface area (Å²) >= 11 is 0. The molecule has 0 saturated carbocycles. The summed E-state index contributed by atoms with van der Waals surface area (Å²) in [5, 5.41) is 2.62. The first-order valence-corrected chi connectivity index (χ1v) is 7.94. The molecule has 1 amide bonds. The van der Waals surface area contributed by atoms with Gasteiger partial charge in [-0.1, -0.05) is 12.1 Å². The van der Waals surface area contributed by atoms with E-state index in [0.29, 0.717) is 28.7 Å². The number of esters is 1. The average molecular weight is 357 g/mol. The Balaban J connectivity index is 1.28. The Morgan fingerprint density at radius 3 is 2.65 bits per heavy atom. The van der Waals surface area contributed by atoms with Crippen molar-refractivity contribution in [3.63, 3.8) is 0 Å². The first kappa shape index (κ1) is 16.1. The van der Waals surface area contributed by atoms with Crippen LogP contribution in [-0.4, -0.2) is 38.0 Å². The molecule has 0 radical (unpaired) electrons. The van der Waals surface area contributed by atoms with Gasteiger partial charge in [0.1, 0.15) is 6.61 Å². The lowest BCUT2D eigenvalue weighted by molar-refractivity contribution is -0.156. The number of ether oxygens (including phenoxy) is 5. The molecule has 8 heteroatoms. The van der Waals surface area contributed by atoms with Gasteiger partial charge in [0, 0.05) is 11.8 Å². The van der Waals surface area contributed by atoms with Crippen molar-refractivity contribution < 1.29 is 33.3 Å². The number of benzene rings is 2. The molecular formula is C18H15NO7. The maximum atomic E-state index is 12.1. The van der Waals surface area contributed by atoms with Gasteiger partial charge in [-0.25, -0.2) is 4.79 Å². The molecule has 1 N–H and O–H groups in total. The number of carbonyl (C=O) groups is 2. The third-order valence-corrected chi connectivity index (χ3v) is 3.77. The molecular weight excluding hydrogens is 342 g/mol. The van der Waals surface area contributed by atoms with Crippen LogP contribution in [0.15, 0.2) is 42.5 Å². The van der Waals surface area contributed by atoms with Crippen LogP contribution in [0.4, 0.5) is 5.69 Å². The molecule has 26 heavy (non-hydrogen) atoms. The van der Waals surface area contributed by atoms with Crippen molar-refractivity contribution in [2.75, 3.05) is 25.3 Å². The summed E-state index contributed by atoms with van der Waals surface area (Å²) in [4.78, 5) is 24.0. The van der Waals surface area contributed by atoms with Gasteiger partial charge in [-0.05, 0) is 24.3 Å². The van der Waals surface area contributed by atoms with E-state index < -0.39 is 24.6 Å². The largest absolute Gasteiger partial charge is 0.485 e. The maximum Gasteiger partial charge on any atom is 0.351 e. The first-order chi connectivity index (χ1) is 12.7. The molecule has 0 unspecified atom stereocenters. The summed E-state index contributed by atoms with van der Waals surface area (Å²) in [7, 11) is 0. The number of fused-ring (bicyclic) bond motifs is 2. The van der Waals surface area contributed by atoms with Crippen LogP contribution in [0.25, 0.3) is 0 Å². The van der Waals surface area contributed by atoms with E-state index in [1.165, 1.54) is 0 Å². The fraction of sp³-hybridized carbons (Fsp3) is 0.222. The van der Waals surface area contributed by atoms with Gasteiger partial charge in [0.05, 0.1) is 0 Å². The normalized spacial score (nSPS) is 16.7. The van der Waals surface area contributed by atoms with Crippen molar-refractivity contribution in [3.8, 4) is 23.0 Å². The Morgan fingerprint density at radius 1 is 1.00 bits per heavy atom. The van der Waals surface area contributed by atoms with Crippen LogP contribution in [0.2, 0.25) is 0 Å². The van der Waals surface area contributed by atoms with Crippen molar-refractivity contribution in [2.24, 2.45) is 0 Å². The Bertz CT molecular complexity index is 851. The van der Waals surface area contributed by atoms with Crippen LogP contribution in [0.1, 0.15) is 0 Å². The van der Waals surface area contributed by atoms with Gasteiger partial charge in [-0.2, -0.15) is 0 Å². The molecule has 8 nitrogen and oxygen atoms in total. The van der Waals surface area contributed by atoms with E-state index >= 15 is 0 Å². The Labute approximate surface area is 148 Å². The van der Waals surface area contributed by atoms with Crippen LogP contribution < -0.4 is 24.3 Å². The van der Waals surface area contributed by atoms with Gasteiger partial charge >= 0.3 is 5.97 Å². The zero-order chi connectivity index (χ0) is 17.9. The minimum absolute atomic E-state index is 0.0274. The summed E-state index contributed by atoms with van der Waals surface area (Å²) in [6.07, 6.45) is -0.914. The van der Waals surface area contributed by atoms with E-state index in [0.717, 1.165) is 0 Å². The van der Waals surface area contributed by atoms with E-state index in [2.05, 4.69) is 5.32 Å². The number of nitrogens with one attached hydrogen (secondary N) is 1. The van der Waals surface area contributed by atoms with Crippen molar-refractivity contribution in [1.82, 2.24) is 0 Å². The maximum absolute atomic E-state index is 12.1. The first-order valence-electron chi connectivity index (χ1n) is 7.94. The molecule has 2 aliphatic rings. The molecule has 0 fully saturated rings. The number of hydrogen-bond donors (Lipinski definition) is 1. The van der Waals surface area contributed by atoms with Crippen LogP contribution in [0.5, 0.6) is 23.0 Å². The highest BCUT2D eigenvalue weighted by molar-refractivity contribution is 5.93. The van der Waals surface area contributed by atoms with Gasteiger partial charge in [0.25, 0.3) is 5.91 Å². The smallest absolute Gasteiger partial charge is 0.351 e. The van der Waals surface area contributed by atoms with Gasteiger partial charge < -0.3 is 29.0 Å². The predicted octanol–water partition coefficient (Wildman–Crippen LogP) is 1.74. The summed E-state index contributed by atoms with van der Waals surface area (Å²) in [5.74, 6) is 1.05. The van der Waals surface area contributed by atoms with Gasteiger partial charge in [-0.15, -0.1) is 0 Å². The molecule has 0 aromatic heterocycles. The fourth-order valence-electron chi connectivity index (χ4n) is 2.54. The zero-order valence-electron chi connectivity index (χ0n) is 13.6. The monoisotopic (exact) mass is 357 g/mol. The summed E-state index contributed by atoms with van der Waals surface area (Å²) in [6.45, 7) is -0.259. The second-order valence-corrected chi connectivity index (χ2v) is 5.59. The quantitative estimate of drug-likeness (QED) is 0.833. The van der Waals surface area contributed by atoms with Gasteiger partial charge in [0.15, 0.2) is 29.6 Å². The summed E-state index contributed by atoms with van der Waals surface area (Å²) in [5.41, 5.74) is 0.515. The lowest BCUT2D eigenvalue weighted by Gasteiger charge is -2.24. The predicted molar refractivity (Wildman–Crippen MR) is 88.5 cm³/mol. The van der Waals surface area contributed by atoms with E-state index in [9.17, 15) is 9.59 Å². The molecule has 0 bridgehead atoms. The highest BCUT2D eigenvalue weighted by Crippen LogP contribution is 2.34. The number of para-hydroxylation sites is 2. The number of rotatable bonds is 4. The average Bonchev–Trinajstić information content (AvgIpc) is 3.13. The van der Waals surface area contributed by atoms with E-state index in [1.807, 2.05) is 0 Å². The second-order valence-electron chi connectivity index (χ2n) is 5.59. The van der Waals surface area contributed by atoms with Crippen LogP contribution >= 0.6 is 0 Å². The summed E-state index contributed by atoms with van der Waals surface area (Å²) < 4.78 is 26.4. The number of anilines is 1. The number of hydrogen-bond acceptors (Lipinski definition) is 7. The highest BCUT2D eigenvalue weighted by atomic mass is 16.7. The van der Waals surface area contributed by atoms with Crippen molar-refractivity contribution in [3.05, 3.63) is 42.5 Å². The Hall–Kier alpha value is -3.42. The zero-order valence-corrected chi connectivity index (χ0v) is 13.6. The second kappa shape index (κ2) is 6.83. The van der Waals surface area contributed by atoms with Gasteiger partial charge in [-0.3, -0.25) is 4.79 Å². The lowest BCUT2D eigenvalue weighted by Crippen LogP contribution is -2.39. The molecule has 0 aliphatic carbocycles. The molecule has 2 heterocycles.